The molecule has 3 rings (SSSR count). The molecule has 0 saturated carbocycles. The van der Waals surface area contributed by atoms with Crippen molar-refractivity contribution in [1.82, 2.24) is 9.88 Å². The smallest absolute Gasteiger partial charge is 0.246 e. The van der Waals surface area contributed by atoms with Gasteiger partial charge in [-0.25, -0.2) is 4.98 Å². The zero-order valence-electron chi connectivity index (χ0n) is 11.3. The Morgan fingerprint density at radius 3 is 2.90 bits per heavy atom. The van der Waals surface area contributed by atoms with Crippen LogP contribution in [0.3, 0.4) is 0 Å². The maximum atomic E-state index is 12.0. The number of carbonyl (C=O) groups excluding carboxylic acids is 2. The molecular formula is C15H14N2O3S. The molecular weight excluding hydrogens is 288 g/mol. The number of hydrogen-bond acceptors (Lipinski definition) is 5. The highest BCUT2D eigenvalue weighted by atomic mass is 32.1. The van der Waals surface area contributed by atoms with E-state index >= 15 is 0 Å². The first kappa shape index (κ1) is 13.9. The van der Waals surface area contributed by atoms with E-state index in [0.29, 0.717) is 31.3 Å². The van der Waals surface area contributed by atoms with Gasteiger partial charge < -0.3 is 9.64 Å². The molecule has 1 amide bonds. The molecule has 1 saturated heterocycles. The topological polar surface area (TPSA) is 59.5 Å². The van der Waals surface area contributed by atoms with Crippen LogP contribution in [0.15, 0.2) is 24.3 Å². The molecule has 0 N–H and O–H groups in total. The van der Waals surface area contributed by atoms with Crippen LogP contribution >= 0.6 is 11.3 Å². The summed E-state index contributed by atoms with van der Waals surface area (Å²) < 4.78 is 6.16. The number of nitrogens with zero attached hydrogens (tertiary/aromatic N) is 2. The van der Waals surface area contributed by atoms with E-state index in [1.807, 2.05) is 18.2 Å². The minimum absolute atomic E-state index is 0.00344. The Morgan fingerprint density at radius 2 is 2.14 bits per heavy atom. The second-order valence-electron chi connectivity index (χ2n) is 4.67. The fourth-order valence-electron chi connectivity index (χ4n) is 2.17. The third-order valence-electron chi connectivity index (χ3n) is 3.27. The van der Waals surface area contributed by atoms with E-state index in [-0.39, 0.29) is 5.91 Å². The Kier molecular flexibility index (Phi) is 4.08. The first-order valence-electron chi connectivity index (χ1n) is 6.67. The number of thiazole rings is 1. The van der Waals surface area contributed by atoms with Crippen LogP contribution in [0.2, 0.25) is 0 Å². The van der Waals surface area contributed by atoms with E-state index in [0.717, 1.165) is 22.1 Å². The van der Waals surface area contributed by atoms with Crippen molar-refractivity contribution in [2.24, 2.45) is 0 Å². The number of fused-ring (bicyclic) bond motifs is 1. The Labute approximate surface area is 125 Å². The first-order valence-corrected chi connectivity index (χ1v) is 7.48. The van der Waals surface area contributed by atoms with Crippen LogP contribution < -0.4 is 0 Å². The summed E-state index contributed by atoms with van der Waals surface area (Å²) in [5.74, 6) is -0.00344. The molecule has 108 valence electrons. The molecule has 1 aliphatic rings. The van der Waals surface area contributed by atoms with Crippen molar-refractivity contribution >= 4 is 39.8 Å². The van der Waals surface area contributed by atoms with E-state index in [2.05, 4.69) is 4.98 Å². The van der Waals surface area contributed by atoms with Gasteiger partial charge in [0, 0.05) is 19.2 Å². The Morgan fingerprint density at radius 1 is 1.33 bits per heavy atom. The summed E-state index contributed by atoms with van der Waals surface area (Å²) in [5.41, 5.74) is 1.73. The van der Waals surface area contributed by atoms with Crippen LogP contribution in [-0.4, -0.2) is 48.4 Å². The van der Waals surface area contributed by atoms with Gasteiger partial charge in [-0.3, -0.25) is 9.59 Å². The number of ether oxygens (including phenoxy) is 1. The Hall–Kier alpha value is -2.05. The molecule has 0 atom stereocenters. The molecule has 1 fully saturated rings. The lowest BCUT2D eigenvalue weighted by Gasteiger charge is -2.25. The number of benzene rings is 1. The third kappa shape index (κ3) is 3.17. The van der Waals surface area contributed by atoms with Crippen molar-refractivity contribution < 1.29 is 14.3 Å². The van der Waals surface area contributed by atoms with Crippen molar-refractivity contribution in [3.05, 3.63) is 34.8 Å². The standard InChI is InChI=1S/C15H14N2O3S/c18-10-14-16-12-3-1-11(9-13(12)21-14)2-4-15(19)17-5-7-20-8-6-17/h1-4,9-10H,5-8H2/b4-2+. The van der Waals surface area contributed by atoms with Gasteiger partial charge >= 0.3 is 0 Å². The van der Waals surface area contributed by atoms with Crippen molar-refractivity contribution in [2.45, 2.75) is 0 Å². The van der Waals surface area contributed by atoms with Gasteiger partial charge in [0.05, 0.1) is 23.4 Å². The number of rotatable bonds is 3. The maximum Gasteiger partial charge on any atom is 0.246 e. The second kappa shape index (κ2) is 6.15. The molecule has 1 aromatic carbocycles. The van der Waals surface area contributed by atoms with Gasteiger partial charge in [0.25, 0.3) is 0 Å². The second-order valence-corrected chi connectivity index (χ2v) is 5.73. The van der Waals surface area contributed by atoms with Crippen LogP contribution in [0.1, 0.15) is 15.4 Å². The highest BCUT2D eigenvalue weighted by Crippen LogP contribution is 2.22. The van der Waals surface area contributed by atoms with E-state index in [1.54, 1.807) is 17.1 Å². The van der Waals surface area contributed by atoms with Gasteiger partial charge in [0.1, 0.15) is 0 Å². The number of carbonyl (C=O) groups is 2. The minimum atomic E-state index is -0.00344. The molecule has 2 heterocycles. The lowest BCUT2D eigenvalue weighted by atomic mass is 10.2. The monoisotopic (exact) mass is 302 g/mol. The number of aldehydes is 1. The predicted molar refractivity (Wildman–Crippen MR) is 81.4 cm³/mol. The van der Waals surface area contributed by atoms with E-state index in [4.69, 9.17) is 4.74 Å². The first-order chi connectivity index (χ1) is 10.3. The summed E-state index contributed by atoms with van der Waals surface area (Å²) in [4.78, 5) is 28.7. The van der Waals surface area contributed by atoms with Crippen LogP contribution in [-0.2, 0) is 9.53 Å². The quantitative estimate of drug-likeness (QED) is 0.642. The van der Waals surface area contributed by atoms with E-state index in [9.17, 15) is 9.59 Å². The lowest BCUT2D eigenvalue weighted by molar-refractivity contribution is -0.129. The van der Waals surface area contributed by atoms with Crippen molar-refractivity contribution in [2.75, 3.05) is 26.3 Å². The van der Waals surface area contributed by atoms with Gasteiger partial charge in [0.2, 0.25) is 5.91 Å². The highest BCUT2D eigenvalue weighted by molar-refractivity contribution is 7.20. The lowest BCUT2D eigenvalue weighted by Crippen LogP contribution is -2.39. The van der Waals surface area contributed by atoms with E-state index < -0.39 is 0 Å². The molecule has 0 aliphatic carbocycles. The van der Waals surface area contributed by atoms with Gasteiger partial charge in [0.15, 0.2) is 11.3 Å². The van der Waals surface area contributed by atoms with E-state index in [1.165, 1.54) is 11.3 Å². The van der Waals surface area contributed by atoms with Crippen LogP contribution in [0, 0.1) is 0 Å². The number of amides is 1. The summed E-state index contributed by atoms with van der Waals surface area (Å²) in [6, 6.07) is 5.68. The van der Waals surface area contributed by atoms with Crippen LogP contribution in [0.25, 0.3) is 16.3 Å². The van der Waals surface area contributed by atoms with Crippen LogP contribution in [0.4, 0.5) is 0 Å². The largest absolute Gasteiger partial charge is 0.378 e. The molecule has 0 bridgehead atoms. The average molecular weight is 302 g/mol. The zero-order chi connectivity index (χ0) is 14.7. The third-order valence-corrected chi connectivity index (χ3v) is 4.21. The van der Waals surface area contributed by atoms with Gasteiger partial charge in [-0.05, 0) is 23.8 Å². The fourth-order valence-corrected chi connectivity index (χ4v) is 3.00. The van der Waals surface area contributed by atoms with Crippen molar-refractivity contribution in [3.8, 4) is 0 Å². The summed E-state index contributed by atoms with van der Waals surface area (Å²) >= 11 is 1.35. The molecule has 1 aliphatic heterocycles. The molecule has 6 heteroatoms. The maximum absolute atomic E-state index is 12.0. The van der Waals surface area contributed by atoms with Gasteiger partial charge in [-0.15, -0.1) is 11.3 Å². The molecule has 0 radical (unpaired) electrons. The molecule has 0 spiro atoms. The summed E-state index contributed by atoms with van der Waals surface area (Å²) in [7, 11) is 0. The van der Waals surface area contributed by atoms with Crippen LogP contribution in [0.5, 0.6) is 0 Å². The predicted octanol–water partition coefficient (Wildman–Crippen LogP) is 1.98. The molecule has 1 aromatic heterocycles. The zero-order valence-corrected chi connectivity index (χ0v) is 12.1. The van der Waals surface area contributed by atoms with Gasteiger partial charge in [-0.2, -0.15) is 0 Å². The van der Waals surface area contributed by atoms with Crippen molar-refractivity contribution in [1.29, 1.82) is 0 Å². The molecule has 21 heavy (non-hydrogen) atoms. The SMILES string of the molecule is O=Cc1nc2ccc(/C=C/C(=O)N3CCOCC3)cc2s1. The fraction of sp³-hybridized carbons (Fsp3) is 0.267. The minimum Gasteiger partial charge on any atom is -0.378 e. The molecule has 5 nitrogen and oxygen atoms in total. The van der Waals surface area contributed by atoms with Gasteiger partial charge in [-0.1, -0.05) is 6.07 Å². The van der Waals surface area contributed by atoms with Crippen molar-refractivity contribution in [3.63, 3.8) is 0 Å². The number of morpholine rings is 1. The molecule has 0 unspecified atom stereocenters. The number of aromatic nitrogens is 1. The summed E-state index contributed by atoms with van der Waals surface area (Å²) in [6.07, 6.45) is 4.12. The Balaban J connectivity index is 1.75. The Bertz CT molecular complexity index is 702. The highest BCUT2D eigenvalue weighted by Gasteiger charge is 2.13. The summed E-state index contributed by atoms with van der Waals surface area (Å²) in [5, 5.41) is 0.468. The number of hydrogen-bond donors (Lipinski definition) is 0. The molecule has 2 aromatic rings. The normalized spacial score (nSPS) is 15.7. The average Bonchev–Trinajstić information content (AvgIpc) is 2.95. The summed E-state index contributed by atoms with van der Waals surface area (Å²) in [6.45, 7) is 2.47.